The highest BCUT2D eigenvalue weighted by Gasteiger charge is 2.24. The van der Waals surface area contributed by atoms with Crippen LogP contribution in [0.3, 0.4) is 0 Å². The van der Waals surface area contributed by atoms with E-state index >= 15 is 0 Å². The number of carbonyl (C=O) groups is 1. The molecule has 1 amide bonds. The Labute approximate surface area is 188 Å². The van der Waals surface area contributed by atoms with E-state index in [4.69, 9.17) is 23.1 Å². The van der Waals surface area contributed by atoms with Crippen molar-refractivity contribution >= 4 is 45.4 Å². The number of benzene rings is 1. The van der Waals surface area contributed by atoms with E-state index in [9.17, 15) is 9.18 Å². The summed E-state index contributed by atoms with van der Waals surface area (Å²) in [5.41, 5.74) is 12.9. The summed E-state index contributed by atoms with van der Waals surface area (Å²) in [7, 11) is 1.83. The average Bonchev–Trinajstić information content (AvgIpc) is 3.21. The predicted molar refractivity (Wildman–Crippen MR) is 122 cm³/mol. The topological polar surface area (TPSA) is 115 Å². The first-order valence-corrected chi connectivity index (χ1v) is 11.1. The molecule has 1 fully saturated rings. The molecule has 0 saturated carbocycles. The summed E-state index contributed by atoms with van der Waals surface area (Å²) in [4.78, 5) is 19.4. The molecule has 5 N–H and O–H groups in total. The Hall–Kier alpha value is -2.69. The van der Waals surface area contributed by atoms with Crippen LogP contribution in [0, 0.1) is 5.82 Å². The molecule has 1 aliphatic rings. The van der Waals surface area contributed by atoms with Crippen molar-refractivity contribution in [1.29, 1.82) is 0 Å². The van der Waals surface area contributed by atoms with Gasteiger partial charge in [-0.3, -0.25) is 9.48 Å². The third kappa shape index (κ3) is 4.51. The van der Waals surface area contributed by atoms with Crippen LogP contribution in [0.2, 0.25) is 5.02 Å². The van der Waals surface area contributed by atoms with Crippen LogP contribution in [0.25, 0.3) is 10.6 Å². The molecule has 1 atom stereocenters. The molecule has 0 aliphatic carbocycles. The van der Waals surface area contributed by atoms with Crippen LogP contribution >= 0.6 is 22.9 Å². The molecule has 1 saturated heterocycles. The van der Waals surface area contributed by atoms with Gasteiger partial charge < -0.3 is 21.7 Å². The summed E-state index contributed by atoms with van der Waals surface area (Å²) in [6.45, 7) is 1.60. The van der Waals surface area contributed by atoms with Gasteiger partial charge in [-0.1, -0.05) is 22.9 Å². The summed E-state index contributed by atoms with van der Waals surface area (Å²) in [5, 5.41) is 8.01. The Bertz CT molecular complexity index is 1120. The first-order valence-electron chi connectivity index (χ1n) is 9.89. The molecular formula is C20H23ClFN7OS. The van der Waals surface area contributed by atoms with Crippen LogP contribution in [0.5, 0.6) is 0 Å². The number of nitrogens with two attached hydrogens (primary N) is 2. The molecule has 1 aromatic carbocycles. The maximum atomic E-state index is 14.2. The molecule has 31 heavy (non-hydrogen) atoms. The minimum Gasteiger partial charge on any atom is -0.389 e. The molecule has 0 unspecified atom stereocenters. The largest absolute Gasteiger partial charge is 0.389 e. The Balaban J connectivity index is 1.59. The number of hydrogen-bond donors (Lipinski definition) is 3. The van der Waals surface area contributed by atoms with Gasteiger partial charge in [-0.25, -0.2) is 9.37 Å². The highest BCUT2D eigenvalue weighted by atomic mass is 35.5. The third-order valence-electron chi connectivity index (χ3n) is 5.26. The third-order valence-corrected chi connectivity index (χ3v) is 6.41. The molecule has 8 nitrogen and oxygen atoms in total. The van der Waals surface area contributed by atoms with Crippen molar-refractivity contribution in [3.05, 3.63) is 40.9 Å². The number of nitrogens with one attached hydrogen (secondary N) is 1. The Morgan fingerprint density at radius 1 is 1.35 bits per heavy atom. The van der Waals surface area contributed by atoms with Crippen LogP contribution in [-0.4, -0.2) is 39.8 Å². The van der Waals surface area contributed by atoms with Crippen LogP contribution in [-0.2, 0) is 7.05 Å². The van der Waals surface area contributed by atoms with E-state index in [0.717, 1.165) is 49.5 Å². The highest BCUT2D eigenvalue weighted by molar-refractivity contribution is 7.19. The van der Waals surface area contributed by atoms with Gasteiger partial charge in [-0.2, -0.15) is 5.10 Å². The summed E-state index contributed by atoms with van der Waals surface area (Å²) >= 11 is 7.01. The fourth-order valence-electron chi connectivity index (χ4n) is 3.68. The molecule has 2 aromatic heterocycles. The number of nitrogen functional groups attached to an aromatic ring is 1. The minimum absolute atomic E-state index is 0.0343. The van der Waals surface area contributed by atoms with Gasteiger partial charge in [0.15, 0.2) is 11.5 Å². The number of thiazole rings is 1. The van der Waals surface area contributed by atoms with Gasteiger partial charge in [0, 0.05) is 36.8 Å². The first kappa shape index (κ1) is 21.5. The number of halogens is 2. The number of nitrogens with zero attached hydrogens (tertiary/aromatic N) is 4. The maximum absolute atomic E-state index is 14.2. The highest BCUT2D eigenvalue weighted by Crippen LogP contribution is 2.34. The average molecular weight is 464 g/mol. The van der Waals surface area contributed by atoms with E-state index in [2.05, 4.69) is 20.3 Å². The summed E-state index contributed by atoms with van der Waals surface area (Å²) in [6, 6.07) is 4.34. The van der Waals surface area contributed by atoms with E-state index < -0.39 is 11.7 Å². The molecule has 0 spiro atoms. The van der Waals surface area contributed by atoms with Crippen molar-refractivity contribution in [3.8, 4) is 10.6 Å². The van der Waals surface area contributed by atoms with Crippen molar-refractivity contribution in [1.82, 2.24) is 14.8 Å². The second kappa shape index (κ2) is 8.81. The Morgan fingerprint density at radius 2 is 2.16 bits per heavy atom. The molecule has 164 valence electrons. The van der Waals surface area contributed by atoms with Crippen LogP contribution in [0.4, 0.5) is 20.9 Å². The van der Waals surface area contributed by atoms with Crippen molar-refractivity contribution in [3.63, 3.8) is 0 Å². The van der Waals surface area contributed by atoms with Gasteiger partial charge in [0.2, 0.25) is 0 Å². The molecular weight excluding hydrogens is 441 g/mol. The smallest absolute Gasteiger partial charge is 0.277 e. The standard InChI is InChI=1S/C20H23ClFN7OS/c1-28-20(29-7-2-3-12(23)6-8-29)15(10-25-28)26-18(30)16-17(24)31-19(27-16)13-9-11(21)4-5-14(13)22/h4-5,9-10,12H,2-3,6-8,23-24H2,1H3,(H,26,30)/t12-/m1/s1. The predicted octanol–water partition coefficient (Wildman–Crippen LogP) is 3.49. The Morgan fingerprint density at radius 3 is 2.97 bits per heavy atom. The first-order chi connectivity index (χ1) is 14.8. The van der Waals surface area contributed by atoms with Crippen molar-refractivity contribution < 1.29 is 9.18 Å². The number of carbonyl (C=O) groups excluding carboxylic acids is 1. The van der Waals surface area contributed by atoms with Gasteiger partial charge in [0.1, 0.15) is 21.5 Å². The maximum Gasteiger partial charge on any atom is 0.277 e. The molecule has 4 rings (SSSR count). The van der Waals surface area contributed by atoms with E-state index in [1.54, 1.807) is 10.9 Å². The number of aromatic nitrogens is 3. The minimum atomic E-state index is -0.487. The Kier molecular flexibility index (Phi) is 6.12. The number of hydrogen-bond acceptors (Lipinski definition) is 7. The van der Waals surface area contributed by atoms with Crippen molar-refractivity contribution in [2.24, 2.45) is 12.8 Å². The molecule has 3 heterocycles. The summed E-state index contributed by atoms with van der Waals surface area (Å²) in [6.07, 6.45) is 4.39. The van der Waals surface area contributed by atoms with Crippen LogP contribution in [0.1, 0.15) is 29.8 Å². The lowest BCUT2D eigenvalue weighted by Crippen LogP contribution is -2.29. The number of aryl methyl sites for hydroxylation is 1. The zero-order valence-corrected chi connectivity index (χ0v) is 18.5. The van der Waals surface area contributed by atoms with E-state index in [0.29, 0.717) is 10.7 Å². The van der Waals surface area contributed by atoms with Gasteiger partial charge in [0.05, 0.1) is 6.20 Å². The monoisotopic (exact) mass is 463 g/mol. The fraction of sp³-hybridized carbons (Fsp3) is 0.350. The number of rotatable bonds is 4. The summed E-state index contributed by atoms with van der Waals surface area (Å²) < 4.78 is 15.9. The fourth-order valence-corrected chi connectivity index (χ4v) is 4.70. The van der Waals surface area contributed by atoms with E-state index in [1.165, 1.54) is 18.2 Å². The van der Waals surface area contributed by atoms with Gasteiger partial charge in [-0.15, -0.1) is 0 Å². The second-order valence-corrected chi connectivity index (χ2v) is 8.96. The van der Waals surface area contributed by atoms with Gasteiger partial charge in [-0.05, 0) is 37.5 Å². The molecule has 1 aliphatic heterocycles. The van der Waals surface area contributed by atoms with E-state index in [-0.39, 0.29) is 27.3 Å². The van der Waals surface area contributed by atoms with Crippen LogP contribution in [0.15, 0.2) is 24.4 Å². The summed E-state index contributed by atoms with van der Waals surface area (Å²) in [5.74, 6) is -0.167. The second-order valence-electron chi connectivity index (χ2n) is 7.49. The normalized spacial score (nSPS) is 16.9. The lowest BCUT2D eigenvalue weighted by Gasteiger charge is -2.24. The number of amides is 1. The lowest BCUT2D eigenvalue weighted by molar-refractivity contribution is 0.102. The zero-order chi connectivity index (χ0) is 22.1. The van der Waals surface area contributed by atoms with Gasteiger partial charge >= 0.3 is 0 Å². The molecule has 0 radical (unpaired) electrons. The van der Waals surface area contributed by atoms with Crippen molar-refractivity contribution in [2.75, 3.05) is 29.0 Å². The molecule has 11 heteroatoms. The molecule has 0 bridgehead atoms. The SMILES string of the molecule is Cn1ncc(NC(=O)c2nc(-c3cc(Cl)ccc3F)sc2N)c1N1CCC[C@@H](N)CC1. The van der Waals surface area contributed by atoms with Gasteiger partial charge in [0.25, 0.3) is 5.91 Å². The molecule has 3 aromatic rings. The quantitative estimate of drug-likeness (QED) is 0.545. The van der Waals surface area contributed by atoms with Crippen molar-refractivity contribution in [2.45, 2.75) is 25.3 Å². The van der Waals surface area contributed by atoms with Crippen LogP contribution < -0.4 is 21.7 Å². The van der Waals surface area contributed by atoms with E-state index in [1.807, 2.05) is 7.05 Å². The lowest BCUT2D eigenvalue weighted by atomic mass is 10.1. The zero-order valence-electron chi connectivity index (χ0n) is 16.9. The number of anilines is 3.